The van der Waals surface area contributed by atoms with Crippen LogP contribution in [0.3, 0.4) is 0 Å². The van der Waals surface area contributed by atoms with Gasteiger partial charge < -0.3 is 25.2 Å². The molecule has 44 heavy (non-hydrogen) atoms. The van der Waals surface area contributed by atoms with Crippen molar-refractivity contribution >= 4 is 51.4 Å². The van der Waals surface area contributed by atoms with Gasteiger partial charge in [0.15, 0.2) is 34.6 Å². The average Bonchev–Trinajstić information content (AvgIpc) is 3.00. The summed E-state index contributed by atoms with van der Waals surface area (Å²) in [5.41, 5.74) is 9.86. The van der Waals surface area contributed by atoms with Crippen molar-refractivity contribution in [3.63, 3.8) is 0 Å². The number of rotatable bonds is 9. The lowest BCUT2D eigenvalue weighted by molar-refractivity contribution is -0.121. The minimum absolute atomic E-state index is 0.00662. The lowest BCUT2D eigenvalue weighted by Gasteiger charge is -2.09. The van der Waals surface area contributed by atoms with Crippen LogP contribution in [0.15, 0.2) is 77.7 Å². The molecule has 0 heterocycles. The van der Waals surface area contributed by atoms with Crippen LogP contribution in [0.25, 0.3) is 23.8 Å². The molecule has 1 aliphatic rings. The highest BCUT2D eigenvalue weighted by atomic mass is 32.2. The molecule has 0 amide bonds. The summed E-state index contributed by atoms with van der Waals surface area (Å²) in [6, 6.07) is 13.2. The second-order valence-electron chi connectivity index (χ2n) is 8.98. The molecule has 3 aromatic rings. The molecular formula is C31H26N2O10S. The van der Waals surface area contributed by atoms with Crippen molar-refractivity contribution in [1.29, 1.82) is 0 Å². The maximum atomic E-state index is 11.9. The van der Waals surface area contributed by atoms with Gasteiger partial charge >= 0.3 is 5.71 Å². The summed E-state index contributed by atoms with van der Waals surface area (Å²) in [4.78, 5) is 38.0. The van der Waals surface area contributed by atoms with Crippen molar-refractivity contribution in [3.8, 4) is 23.0 Å². The smallest absolute Gasteiger partial charge is 0.362 e. The Morgan fingerprint density at radius 2 is 1.39 bits per heavy atom. The zero-order valence-electron chi connectivity index (χ0n) is 23.4. The number of hydrogen-bond donors (Lipinski definition) is 3. The molecule has 0 radical (unpaired) electrons. The maximum Gasteiger partial charge on any atom is 0.362 e. The summed E-state index contributed by atoms with van der Waals surface area (Å²) < 4.78 is 41.2. The van der Waals surface area contributed by atoms with Crippen LogP contribution in [0.1, 0.15) is 33.5 Å². The van der Waals surface area contributed by atoms with Crippen molar-refractivity contribution in [2.24, 2.45) is 0 Å². The van der Waals surface area contributed by atoms with Crippen molar-refractivity contribution in [2.45, 2.75) is 11.3 Å². The fourth-order valence-corrected chi connectivity index (χ4v) is 4.56. The van der Waals surface area contributed by atoms with E-state index in [1.54, 1.807) is 36.4 Å². The fraction of sp³-hybridized carbons (Fsp3) is 0.0968. The van der Waals surface area contributed by atoms with Crippen molar-refractivity contribution in [2.75, 3.05) is 14.2 Å². The van der Waals surface area contributed by atoms with E-state index < -0.39 is 15.9 Å². The molecule has 0 fully saturated rings. The minimum atomic E-state index is -4.40. The predicted octanol–water partition coefficient (Wildman–Crippen LogP) is 4.18. The number of allylic oxidation sites excluding steroid dienone is 3. The van der Waals surface area contributed by atoms with Gasteiger partial charge in [0.2, 0.25) is 0 Å². The van der Waals surface area contributed by atoms with Gasteiger partial charge in [0.05, 0.1) is 20.6 Å². The summed E-state index contributed by atoms with van der Waals surface area (Å²) in [6.07, 6.45) is 7.92. The Labute approximate surface area is 252 Å². The van der Waals surface area contributed by atoms with E-state index in [-0.39, 0.29) is 51.2 Å². The van der Waals surface area contributed by atoms with Crippen LogP contribution < -0.4 is 9.47 Å². The van der Waals surface area contributed by atoms with E-state index in [9.17, 15) is 33.0 Å². The Balaban J connectivity index is 0.000000266. The summed E-state index contributed by atoms with van der Waals surface area (Å²) in [7, 11) is -1.53. The van der Waals surface area contributed by atoms with Crippen LogP contribution in [-0.4, -0.2) is 65.3 Å². The Morgan fingerprint density at radius 3 is 1.84 bits per heavy atom. The summed E-state index contributed by atoms with van der Waals surface area (Å²) in [6.45, 7) is 0. The zero-order valence-corrected chi connectivity index (χ0v) is 24.2. The zero-order chi connectivity index (χ0) is 32.4. The third-order valence-corrected chi connectivity index (χ3v) is 6.93. The van der Waals surface area contributed by atoms with Gasteiger partial charge in [-0.05, 0) is 59.7 Å². The van der Waals surface area contributed by atoms with Gasteiger partial charge in [-0.2, -0.15) is 13.2 Å². The molecule has 0 spiro atoms. The van der Waals surface area contributed by atoms with Gasteiger partial charge in [0, 0.05) is 17.2 Å². The Kier molecular flexibility index (Phi) is 10.9. The molecule has 0 aliphatic heterocycles. The van der Waals surface area contributed by atoms with Gasteiger partial charge in [-0.3, -0.25) is 18.9 Å². The average molecular weight is 619 g/mol. The third kappa shape index (κ3) is 8.46. The molecule has 12 nitrogen and oxygen atoms in total. The van der Waals surface area contributed by atoms with Crippen LogP contribution >= 0.6 is 0 Å². The minimum Gasteiger partial charge on any atom is -0.504 e. The van der Waals surface area contributed by atoms with Crippen molar-refractivity contribution < 1.29 is 51.8 Å². The number of carbonyl (C=O) groups excluding carboxylic acids is 3. The number of phenols is 2. The number of benzene rings is 3. The Hall–Kier alpha value is -5.62. The van der Waals surface area contributed by atoms with E-state index >= 15 is 0 Å². The number of hydrogen-bond acceptors (Lipinski definition) is 9. The first-order chi connectivity index (χ1) is 20.9. The van der Waals surface area contributed by atoms with Gasteiger partial charge in [-0.1, -0.05) is 36.4 Å². The molecule has 13 heteroatoms. The third-order valence-electron chi connectivity index (χ3n) is 6.02. The number of nitrogens with zero attached hydrogens (tertiary/aromatic N) is 2. The molecule has 3 aromatic carbocycles. The van der Waals surface area contributed by atoms with Crippen molar-refractivity contribution in [1.82, 2.24) is 0 Å². The van der Waals surface area contributed by atoms with Gasteiger partial charge in [0.25, 0.3) is 15.9 Å². The first-order valence-electron chi connectivity index (χ1n) is 12.6. The molecule has 226 valence electrons. The van der Waals surface area contributed by atoms with Crippen LogP contribution in [-0.2, 0) is 19.7 Å². The monoisotopic (exact) mass is 618 g/mol. The topological polar surface area (TPSA) is 201 Å². The van der Waals surface area contributed by atoms with Crippen LogP contribution in [0.5, 0.6) is 23.0 Å². The SMILES string of the molecule is COc1cc(C=CC(=O)CC(=O)C=Cc2ccc(O)c(OC)c2)ccc1O.[N-]=[N+]=C1C=Cc2c(cccc2S(=O)(=O)O)C1=O. The molecule has 0 aromatic heterocycles. The molecule has 0 atom stereocenters. The molecule has 0 saturated carbocycles. The lowest BCUT2D eigenvalue weighted by Crippen LogP contribution is -2.19. The normalized spacial score (nSPS) is 12.3. The molecule has 4 rings (SSSR count). The molecule has 0 unspecified atom stereocenters. The number of ether oxygens (including phenoxy) is 2. The van der Waals surface area contributed by atoms with E-state index in [0.717, 1.165) is 0 Å². The number of methoxy groups -OCH3 is 2. The van der Waals surface area contributed by atoms with Gasteiger partial charge in [-0.25, -0.2) is 0 Å². The molecule has 1 aliphatic carbocycles. The van der Waals surface area contributed by atoms with E-state index in [1.807, 2.05) is 0 Å². The van der Waals surface area contributed by atoms with Crippen LogP contribution in [0.2, 0.25) is 0 Å². The number of ketones is 3. The van der Waals surface area contributed by atoms with E-state index in [4.69, 9.17) is 19.6 Å². The van der Waals surface area contributed by atoms with Crippen LogP contribution in [0.4, 0.5) is 0 Å². The highest BCUT2D eigenvalue weighted by Gasteiger charge is 2.29. The molecule has 0 bridgehead atoms. The summed E-state index contributed by atoms with van der Waals surface area (Å²) >= 11 is 0. The van der Waals surface area contributed by atoms with Gasteiger partial charge in [-0.15, -0.1) is 0 Å². The number of aromatic hydroxyl groups is 2. The summed E-state index contributed by atoms with van der Waals surface area (Å²) in [5, 5.41) is 19.1. The number of phenolic OH excluding ortho intramolecular Hbond substituents is 2. The van der Waals surface area contributed by atoms with E-state index in [2.05, 4.69) is 4.79 Å². The second kappa shape index (κ2) is 14.5. The van der Waals surface area contributed by atoms with Crippen molar-refractivity contribution in [3.05, 3.63) is 101 Å². The molecular weight excluding hydrogens is 592 g/mol. The second-order valence-corrected chi connectivity index (χ2v) is 10.4. The van der Waals surface area contributed by atoms with E-state index in [0.29, 0.717) is 22.6 Å². The molecule has 3 N–H and O–H groups in total. The fourth-order valence-electron chi connectivity index (χ4n) is 3.86. The molecule has 0 saturated heterocycles. The lowest BCUT2D eigenvalue weighted by atomic mass is 9.95. The van der Waals surface area contributed by atoms with Gasteiger partial charge in [0.1, 0.15) is 4.90 Å². The highest BCUT2D eigenvalue weighted by molar-refractivity contribution is 7.86. The van der Waals surface area contributed by atoms with E-state index in [1.165, 1.54) is 68.9 Å². The Bertz CT molecular complexity index is 1790. The predicted molar refractivity (Wildman–Crippen MR) is 160 cm³/mol. The highest BCUT2D eigenvalue weighted by Crippen LogP contribution is 2.28. The Morgan fingerprint density at radius 1 is 0.864 bits per heavy atom. The number of Topliss-reactive ketones (excluding diaryl/α,β-unsaturated/α-hetero) is 1. The number of carbonyl (C=O) groups is 3. The first kappa shape index (κ1) is 32.9. The quantitative estimate of drug-likeness (QED) is 0.103. The standard InChI is InChI=1S/C21H20O6.C10H6N2O4S/c1-26-20-11-14(5-9-18(20)24)3-7-16(22)13-17(23)8-4-15-6-10-19(25)21(12-15)27-2;11-12-8-5-4-6-7(10(8)13)2-1-3-9(6)17(14,15)16/h3-12,24-25H,13H2,1-2H3;1-5H,(H,14,15,16). The summed E-state index contributed by atoms with van der Waals surface area (Å²) in [5.74, 6) is -0.685. The largest absolute Gasteiger partial charge is 0.504 e. The number of fused-ring (bicyclic) bond motifs is 1. The first-order valence-corrected chi connectivity index (χ1v) is 14.0. The maximum absolute atomic E-state index is 11.9. The van der Waals surface area contributed by atoms with Crippen LogP contribution in [0, 0.1) is 0 Å².